The van der Waals surface area contributed by atoms with E-state index in [-0.39, 0.29) is 11.9 Å². The number of hydrogen-bond donors (Lipinski definition) is 1. The minimum Gasteiger partial charge on any atom is -0.379 e. The first-order valence-electron chi connectivity index (χ1n) is 9.22. The van der Waals surface area contributed by atoms with Gasteiger partial charge in [0.2, 0.25) is 0 Å². The third-order valence-corrected chi connectivity index (χ3v) is 4.70. The van der Waals surface area contributed by atoms with Gasteiger partial charge < -0.3 is 10.1 Å². The number of morpholine rings is 1. The predicted molar refractivity (Wildman–Crippen MR) is 98.9 cm³/mol. The van der Waals surface area contributed by atoms with E-state index in [1.54, 1.807) is 17.1 Å². The SMILES string of the molecule is CCCc1cc(C(=O)NCC(c2ccncc2)N2CCOCC2)n(C)n1. The second-order valence-electron chi connectivity index (χ2n) is 6.55. The number of nitrogens with one attached hydrogen (secondary N) is 1. The Morgan fingerprint density at radius 1 is 1.31 bits per heavy atom. The lowest BCUT2D eigenvalue weighted by Crippen LogP contribution is -2.44. The molecule has 1 amide bonds. The highest BCUT2D eigenvalue weighted by Gasteiger charge is 2.24. The number of nitrogens with zero attached hydrogens (tertiary/aromatic N) is 4. The zero-order valence-electron chi connectivity index (χ0n) is 15.5. The molecule has 0 spiro atoms. The van der Waals surface area contributed by atoms with Gasteiger partial charge in [-0.25, -0.2) is 0 Å². The molecule has 1 aliphatic rings. The Hall–Kier alpha value is -2.25. The second kappa shape index (κ2) is 8.91. The van der Waals surface area contributed by atoms with Crippen molar-refractivity contribution in [2.24, 2.45) is 7.05 Å². The van der Waals surface area contributed by atoms with Crippen LogP contribution >= 0.6 is 0 Å². The van der Waals surface area contributed by atoms with Gasteiger partial charge in [0.25, 0.3) is 5.91 Å². The average Bonchev–Trinajstić information content (AvgIpc) is 3.04. The minimum absolute atomic E-state index is 0.0883. The van der Waals surface area contributed by atoms with Gasteiger partial charge in [-0.1, -0.05) is 13.3 Å². The molecule has 7 heteroatoms. The molecule has 26 heavy (non-hydrogen) atoms. The highest BCUT2D eigenvalue weighted by atomic mass is 16.5. The average molecular weight is 357 g/mol. The Balaban J connectivity index is 1.70. The monoisotopic (exact) mass is 357 g/mol. The van der Waals surface area contributed by atoms with Crippen LogP contribution in [0, 0.1) is 0 Å². The lowest BCUT2D eigenvalue weighted by atomic mass is 10.1. The zero-order valence-corrected chi connectivity index (χ0v) is 15.5. The van der Waals surface area contributed by atoms with E-state index in [1.807, 2.05) is 25.2 Å². The van der Waals surface area contributed by atoms with Gasteiger partial charge in [-0.3, -0.25) is 19.4 Å². The predicted octanol–water partition coefficient (Wildman–Crippen LogP) is 1.57. The molecule has 0 radical (unpaired) electrons. The first-order chi connectivity index (χ1) is 12.7. The molecular formula is C19H27N5O2. The normalized spacial score (nSPS) is 16.4. The number of amides is 1. The maximum Gasteiger partial charge on any atom is 0.269 e. The van der Waals surface area contributed by atoms with Crippen LogP contribution < -0.4 is 5.32 Å². The molecular weight excluding hydrogens is 330 g/mol. The third-order valence-electron chi connectivity index (χ3n) is 4.70. The van der Waals surface area contributed by atoms with Crippen molar-refractivity contribution in [2.75, 3.05) is 32.8 Å². The number of rotatable bonds is 7. The molecule has 0 bridgehead atoms. The van der Waals surface area contributed by atoms with Gasteiger partial charge in [0.05, 0.1) is 24.9 Å². The zero-order chi connectivity index (χ0) is 18.4. The van der Waals surface area contributed by atoms with E-state index in [0.717, 1.165) is 50.4 Å². The summed E-state index contributed by atoms with van der Waals surface area (Å²) in [5.74, 6) is -0.0883. The van der Waals surface area contributed by atoms with E-state index < -0.39 is 0 Å². The van der Waals surface area contributed by atoms with Gasteiger partial charge in [0.15, 0.2) is 0 Å². The highest BCUT2D eigenvalue weighted by Crippen LogP contribution is 2.20. The Bertz CT molecular complexity index is 710. The number of carbonyl (C=O) groups is 1. The van der Waals surface area contributed by atoms with Crippen LogP contribution in [0.4, 0.5) is 0 Å². The summed E-state index contributed by atoms with van der Waals surface area (Å²) in [6.45, 7) is 5.80. The number of pyridine rings is 1. The van der Waals surface area contributed by atoms with E-state index in [0.29, 0.717) is 12.2 Å². The van der Waals surface area contributed by atoms with Crippen molar-refractivity contribution in [3.63, 3.8) is 0 Å². The quantitative estimate of drug-likeness (QED) is 0.814. The minimum atomic E-state index is -0.0883. The summed E-state index contributed by atoms with van der Waals surface area (Å²) in [5.41, 5.74) is 2.71. The summed E-state index contributed by atoms with van der Waals surface area (Å²) in [5, 5.41) is 7.51. The number of aryl methyl sites for hydroxylation is 2. The van der Waals surface area contributed by atoms with Gasteiger partial charge in [-0.2, -0.15) is 5.10 Å². The lowest BCUT2D eigenvalue weighted by molar-refractivity contribution is 0.0162. The maximum absolute atomic E-state index is 12.7. The second-order valence-corrected chi connectivity index (χ2v) is 6.55. The largest absolute Gasteiger partial charge is 0.379 e. The maximum atomic E-state index is 12.7. The van der Waals surface area contributed by atoms with E-state index in [9.17, 15) is 4.79 Å². The molecule has 1 N–H and O–H groups in total. The summed E-state index contributed by atoms with van der Waals surface area (Å²) in [6.07, 6.45) is 5.49. The Kier molecular flexibility index (Phi) is 6.35. The fourth-order valence-corrected chi connectivity index (χ4v) is 3.33. The number of ether oxygens (including phenoxy) is 1. The van der Waals surface area contributed by atoms with Crippen LogP contribution in [0.5, 0.6) is 0 Å². The van der Waals surface area contributed by atoms with Crippen LogP contribution in [0.15, 0.2) is 30.6 Å². The molecule has 0 aliphatic carbocycles. The highest BCUT2D eigenvalue weighted by molar-refractivity contribution is 5.92. The molecule has 1 unspecified atom stereocenters. The van der Waals surface area contributed by atoms with Gasteiger partial charge >= 0.3 is 0 Å². The molecule has 140 valence electrons. The number of hydrogen-bond acceptors (Lipinski definition) is 5. The summed E-state index contributed by atoms with van der Waals surface area (Å²) < 4.78 is 7.13. The third kappa shape index (κ3) is 4.47. The summed E-state index contributed by atoms with van der Waals surface area (Å²) in [4.78, 5) is 19.1. The van der Waals surface area contributed by atoms with Crippen molar-refractivity contribution in [2.45, 2.75) is 25.8 Å². The van der Waals surface area contributed by atoms with Crippen LogP contribution in [0.1, 0.15) is 41.1 Å². The number of carbonyl (C=O) groups excluding carboxylic acids is 1. The van der Waals surface area contributed by atoms with Crippen LogP contribution in [-0.2, 0) is 18.2 Å². The van der Waals surface area contributed by atoms with E-state index in [2.05, 4.69) is 27.2 Å². The molecule has 1 aliphatic heterocycles. The molecule has 0 aromatic carbocycles. The van der Waals surface area contributed by atoms with Crippen molar-refractivity contribution in [1.29, 1.82) is 0 Å². The topological polar surface area (TPSA) is 72.3 Å². The molecule has 0 saturated carbocycles. The van der Waals surface area contributed by atoms with Gasteiger partial charge in [-0.05, 0) is 30.2 Å². The smallest absolute Gasteiger partial charge is 0.269 e. The Morgan fingerprint density at radius 3 is 2.73 bits per heavy atom. The van der Waals surface area contributed by atoms with E-state index in [4.69, 9.17) is 4.74 Å². The van der Waals surface area contributed by atoms with Crippen molar-refractivity contribution < 1.29 is 9.53 Å². The van der Waals surface area contributed by atoms with Crippen molar-refractivity contribution >= 4 is 5.91 Å². The standard InChI is InChI=1S/C19H27N5O2/c1-3-4-16-13-17(23(2)22-16)19(25)21-14-18(15-5-7-20-8-6-15)24-9-11-26-12-10-24/h5-8,13,18H,3-4,9-12,14H2,1-2H3,(H,21,25). The van der Waals surface area contributed by atoms with Crippen molar-refractivity contribution in [3.05, 3.63) is 47.5 Å². The summed E-state index contributed by atoms with van der Waals surface area (Å²) in [6, 6.07) is 6.01. The van der Waals surface area contributed by atoms with Crippen molar-refractivity contribution in [3.8, 4) is 0 Å². The summed E-state index contributed by atoms with van der Waals surface area (Å²) >= 11 is 0. The number of aromatic nitrogens is 3. The molecule has 3 heterocycles. The van der Waals surface area contributed by atoms with Crippen LogP contribution in [0.2, 0.25) is 0 Å². The van der Waals surface area contributed by atoms with Gasteiger partial charge in [0, 0.05) is 39.1 Å². The molecule has 7 nitrogen and oxygen atoms in total. The van der Waals surface area contributed by atoms with Gasteiger partial charge in [-0.15, -0.1) is 0 Å². The lowest BCUT2D eigenvalue weighted by Gasteiger charge is -2.34. The van der Waals surface area contributed by atoms with Crippen LogP contribution in [0.25, 0.3) is 0 Å². The van der Waals surface area contributed by atoms with E-state index >= 15 is 0 Å². The molecule has 2 aromatic rings. The molecule has 1 atom stereocenters. The van der Waals surface area contributed by atoms with Crippen LogP contribution in [0.3, 0.4) is 0 Å². The fourth-order valence-electron chi connectivity index (χ4n) is 3.33. The first kappa shape index (κ1) is 18.5. The summed E-state index contributed by atoms with van der Waals surface area (Å²) in [7, 11) is 1.82. The molecule has 2 aromatic heterocycles. The van der Waals surface area contributed by atoms with Crippen molar-refractivity contribution in [1.82, 2.24) is 25.0 Å². The first-order valence-corrected chi connectivity index (χ1v) is 9.22. The van der Waals surface area contributed by atoms with E-state index in [1.165, 1.54) is 0 Å². The molecule has 1 saturated heterocycles. The Labute approximate surface area is 154 Å². The van der Waals surface area contributed by atoms with Crippen LogP contribution in [-0.4, -0.2) is 58.4 Å². The Morgan fingerprint density at radius 2 is 2.04 bits per heavy atom. The molecule has 1 fully saturated rings. The fraction of sp³-hybridized carbons (Fsp3) is 0.526. The van der Waals surface area contributed by atoms with Gasteiger partial charge in [0.1, 0.15) is 5.69 Å². The molecule has 3 rings (SSSR count).